The van der Waals surface area contributed by atoms with Crippen LogP contribution in [-0.2, 0) is 11.3 Å². The average molecular weight is 174 g/mol. The van der Waals surface area contributed by atoms with Gasteiger partial charge < -0.3 is 4.74 Å². The van der Waals surface area contributed by atoms with Crippen LogP contribution >= 0.6 is 0 Å². The van der Waals surface area contributed by atoms with E-state index < -0.39 is 0 Å². The van der Waals surface area contributed by atoms with E-state index >= 15 is 0 Å². The van der Waals surface area contributed by atoms with Crippen molar-refractivity contribution in [3.8, 4) is 0 Å². The Balaban J connectivity index is 2.39. The van der Waals surface area contributed by atoms with Crippen molar-refractivity contribution in [1.82, 2.24) is 4.98 Å². The minimum Gasteiger partial charge on any atom is -0.481 e. The molecule has 13 heavy (non-hydrogen) atoms. The van der Waals surface area contributed by atoms with E-state index in [1.807, 2.05) is 24.3 Å². The highest BCUT2D eigenvalue weighted by atomic mass is 16.5. The normalized spacial score (nSPS) is 14.4. The number of rotatable bonds is 0. The van der Waals surface area contributed by atoms with Crippen LogP contribution in [0.1, 0.15) is 11.3 Å². The van der Waals surface area contributed by atoms with E-state index in [0.29, 0.717) is 12.4 Å². The van der Waals surface area contributed by atoms with Crippen LogP contribution in [0.4, 0.5) is 0 Å². The van der Waals surface area contributed by atoms with Crippen molar-refractivity contribution in [2.75, 3.05) is 7.11 Å². The maximum atomic E-state index is 5.04. The Morgan fingerprint density at radius 3 is 3.15 bits per heavy atom. The van der Waals surface area contributed by atoms with E-state index in [4.69, 9.17) is 4.74 Å². The number of hydrogen-bond donors (Lipinski definition) is 0. The fourth-order valence-corrected chi connectivity index (χ4v) is 1.23. The lowest BCUT2D eigenvalue weighted by Crippen LogP contribution is -1.95. The lowest BCUT2D eigenvalue weighted by molar-refractivity contribution is 0.405. The smallest absolute Gasteiger partial charge is 0.208 e. The first-order valence-corrected chi connectivity index (χ1v) is 4.10. The molecule has 0 aromatic carbocycles. The summed E-state index contributed by atoms with van der Waals surface area (Å²) in [4.78, 5) is 8.48. The Labute approximate surface area is 76.8 Å². The minimum absolute atomic E-state index is 0.638. The summed E-state index contributed by atoms with van der Waals surface area (Å²) in [5.41, 5.74) is 2.10. The topological polar surface area (TPSA) is 34.5 Å². The van der Waals surface area contributed by atoms with Gasteiger partial charge in [-0.25, -0.2) is 4.99 Å². The lowest BCUT2D eigenvalue weighted by atomic mass is 10.2. The largest absolute Gasteiger partial charge is 0.481 e. The second-order valence-corrected chi connectivity index (χ2v) is 2.74. The molecular weight excluding hydrogens is 164 g/mol. The van der Waals surface area contributed by atoms with Gasteiger partial charge in [0.25, 0.3) is 0 Å². The molecule has 0 spiro atoms. The number of aliphatic imine (C=N–C) groups is 1. The molecule has 0 saturated heterocycles. The molecule has 3 heteroatoms. The van der Waals surface area contributed by atoms with Crippen LogP contribution in [0.25, 0.3) is 6.08 Å². The molecule has 2 heterocycles. The van der Waals surface area contributed by atoms with Gasteiger partial charge in [-0.05, 0) is 17.7 Å². The van der Waals surface area contributed by atoms with Crippen molar-refractivity contribution in [3.63, 3.8) is 0 Å². The molecule has 0 bridgehead atoms. The zero-order valence-corrected chi connectivity index (χ0v) is 7.40. The predicted octanol–water partition coefficient (Wildman–Crippen LogP) is 1.65. The third kappa shape index (κ3) is 1.59. The molecule has 1 aliphatic rings. The number of aromatic nitrogens is 1. The summed E-state index contributed by atoms with van der Waals surface area (Å²) in [6.07, 6.45) is 5.53. The van der Waals surface area contributed by atoms with E-state index in [9.17, 15) is 0 Å². The molecule has 0 unspecified atom stereocenters. The molecule has 0 radical (unpaired) electrons. The molecular formula is C10H10N2O. The highest BCUT2D eigenvalue weighted by Gasteiger charge is 2.04. The van der Waals surface area contributed by atoms with Gasteiger partial charge in [-0.15, -0.1) is 0 Å². The van der Waals surface area contributed by atoms with Crippen LogP contribution in [0, 0.1) is 0 Å². The molecule has 0 atom stereocenters. The first-order chi connectivity index (χ1) is 6.40. The van der Waals surface area contributed by atoms with Crippen molar-refractivity contribution in [1.29, 1.82) is 0 Å². The Bertz CT molecular complexity index is 369. The molecule has 0 N–H and O–H groups in total. The summed E-state index contributed by atoms with van der Waals surface area (Å²) in [6.45, 7) is 0.638. The van der Waals surface area contributed by atoms with Crippen molar-refractivity contribution in [3.05, 3.63) is 35.7 Å². The maximum absolute atomic E-state index is 5.04. The van der Waals surface area contributed by atoms with Crippen molar-refractivity contribution < 1.29 is 4.74 Å². The Hall–Kier alpha value is -1.64. The first kappa shape index (κ1) is 7.98. The zero-order chi connectivity index (χ0) is 9.10. The third-order valence-electron chi connectivity index (χ3n) is 1.92. The minimum atomic E-state index is 0.638. The number of nitrogens with zero attached hydrogens (tertiary/aromatic N) is 2. The van der Waals surface area contributed by atoms with Crippen LogP contribution in [0.2, 0.25) is 0 Å². The molecule has 2 rings (SSSR count). The van der Waals surface area contributed by atoms with Crippen molar-refractivity contribution in [2.24, 2.45) is 4.99 Å². The average Bonchev–Trinajstić information content (AvgIpc) is 2.39. The molecule has 0 amide bonds. The molecule has 0 fully saturated rings. The van der Waals surface area contributed by atoms with Crippen LogP contribution < -0.4 is 0 Å². The second-order valence-electron chi connectivity index (χ2n) is 2.74. The summed E-state index contributed by atoms with van der Waals surface area (Å²) in [7, 11) is 1.62. The summed E-state index contributed by atoms with van der Waals surface area (Å²) >= 11 is 0. The van der Waals surface area contributed by atoms with Crippen molar-refractivity contribution >= 4 is 12.0 Å². The Morgan fingerprint density at radius 2 is 2.31 bits per heavy atom. The van der Waals surface area contributed by atoms with Gasteiger partial charge in [0.05, 0.1) is 19.3 Å². The Kier molecular flexibility index (Phi) is 2.08. The molecule has 0 aliphatic carbocycles. The Morgan fingerprint density at radius 1 is 1.38 bits per heavy atom. The summed E-state index contributed by atoms with van der Waals surface area (Å²) in [5, 5.41) is 0. The number of methoxy groups -OCH3 is 1. The lowest BCUT2D eigenvalue weighted by Gasteiger charge is -1.98. The van der Waals surface area contributed by atoms with Gasteiger partial charge in [0.2, 0.25) is 5.90 Å². The molecule has 1 aromatic rings. The molecule has 3 nitrogen and oxygen atoms in total. The van der Waals surface area contributed by atoms with E-state index in [0.717, 1.165) is 11.3 Å². The molecule has 66 valence electrons. The standard InChI is InChI=1S/C10H10N2O/c1-13-10-5-4-9-8(7-12-10)3-2-6-11-9/h2-6H,7H2,1H3. The fourth-order valence-electron chi connectivity index (χ4n) is 1.23. The van der Waals surface area contributed by atoms with E-state index in [1.165, 1.54) is 0 Å². The summed E-state index contributed by atoms with van der Waals surface area (Å²) < 4.78 is 5.04. The van der Waals surface area contributed by atoms with Gasteiger partial charge in [-0.1, -0.05) is 6.07 Å². The van der Waals surface area contributed by atoms with Gasteiger partial charge in [0, 0.05) is 12.3 Å². The third-order valence-corrected chi connectivity index (χ3v) is 1.92. The quantitative estimate of drug-likeness (QED) is 0.599. The predicted molar refractivity (Wildman–Crippen MR) is 51.4 cm³/mol. The molecule has 0 saturated carbocycles. The molecule has 1 aromatic heterocycles. The van der Waals surface area contributed by atoms with Gasteiger partial charge >= 0.3 is 0 Å². The number of hydrogen-bond acceptors (Lipinski definition) is 3. The van der Waals surface area contributed by atoms with Gasteiger partial charge in [-0.2, -0.15) is 0 Å². The number of ether oxygens (including phenoxy) is 1. The zero-order valence-electron chi connectivity index (χ0n) is 7.40. The van der Waals surface area contributed by atoms with E-state index in [1.54, 1.807) is 13.3 Å². The van der Waals surface area contributed by atoms with Crippen LogP contribution in [0.5, 0.6) is 0 Å². The SMILES string of the molecule is COC1=NCc2cccnc2C=C1. The van der Waals surface area contributed by atoms with Crippen LogP contribution in [0.15, 0.2) is 29.4 Å². The fraction of sp³-hybridized carbons (Fsp3) is 0.200. The highest BCUT2D eigenvalue weighted by Crippen LogP contribution is 2.12. The van der Waals surface area contributed by atoms with Crippen molar-refractivity contribution in [2.45, 2.75) is 6.54 Å². The highest BCUT2D eigenvalue weighted by molar-refractivity contribution is 5.92. The number of pyridine rings is 1. The maximum Gasteiger partial charge on any atom is 0.208 e. The van der Waals surface area contributed by atoms with Crippen LogP contribution in [-0.4, -0.2) is 18.0 Å². The summed E-state index contributed by atoms with van der Waals surface area (Å²) in [5.74, 6) is 0.651. The van der Waals surface area contributed by atoms with Gasteiger partial charge in [-0.3, -0.25) is 4.98 Å². The van der Waals surface area contributed by atoms with Crippen LogP contribution in [0.3, 0.4) is 0 Å². The number of fused-ring (bicyclic) bond motifs is 1. The van der Waals surface area contributed by atoms with Gasteiger partial charge in [0.1, 0.15) is 0 Å². The second kappa shape index (κ2) is 3.39. The monoisotopic (exact) mass is 174 g/mol. The summed E-state index contributed by atoms with van der Waals surface area (Å²) in [6, 6.07) is 3.94. The van der Waals surface area contributed by atoms with E-state index in [2.05, 4.69) is 9.98 Å². The van der Waals surface area contributed by atoms with E-state index in [-0.39, 0.29) is 0 Å². The first-order valence-electron chi connectivity index (χ1n) is 4.10. The van der Waals surface area contributed by atoms with Gasteiger partial charge in [0.15, 0.2) is 0 Å². The molecule has 1 aliphatic heterocycles.